The minimum Gasteiger partial charge on any atom is -0.491 e. The molecule has 0 radical (unpaired) electrons. The highest BCUT2D eigenvalue weighted by atomic mass is 16.5. The van der Waals surface area contributed by atoms with Crippen LogP contribution in [-0.2, 0) is 9.59 Å². The van der Waals surface area contributed by atoms with Crippen molar-refractivity contribution in [2.24, 2.45) is 0 Å². The lowest BCUT2D eigenvalue weighted by Gasteiger charge is -2.37. The first-order chi connectivity index (χ1) is 15.9. The lowest BCUT2D eigenvalue weighted by atomic mass is 10.0. The third-order valence-corrected chi connectivity index (χ3v) is 5.93. The van der Waals surface area contributed by atoms with Gasteiger partial charge in [-0.05, 0) is 56.2 Å². The summed E-state index contributed by atoms with van der Waals surface area (Å²) >= 11 is 0. The number of aryl methyl sites for hydroxylation is 1. The molecule has 2 aliphatic rings. The number of carbonyl (C=O) groups excluding carboxylic acids is 2. The zero-order valence-electron chi connectivity index (χ0n) is 19.6. The molecule has 2 heterocycles. The van der Waals surface area contributed by atoms with Crippen LogP contribution < -0.4 is 9.64 Å². The monoisotopic (exact) mass is 445 g/mol. The van der Waals surface area contributed by atoms with Gasteiger partial charge in [0, 0.05) is 38.4 Å². The topological polar surface area (TPSA) is 53.1 Å². The molecule has 0 saturated carbocycles. The van der Waals surface area contributed by atoms with Crippen molar-refractivity contribution in [3.05, 3.63) is 78.0 Å². The number of rotatable bonds is 7. The molecular weight excluding hydrogens is 414 g/mol. The average molecular weight is 446 g/mol. The second kappa shape index (κ2) is 9.53. The van der Waals surface area contributed by atoms with Gasteiger partial charge in [0.05, 0.1) is 11.7 Å². The number of imide groups is 1. The molecule has 1 fully saturated rings. The lowest BCUT2D eigenvalue weighted by molar-refractivity contribution is -0.136. The summed E-state index contributed by atoms with van der Waals surface area (Å²) in [6.07, 6.45) is 1.65. The van der Waals surface area contributed by atoms with E-state index in [0.717, 1.165) is 24.4 Å². The zero-order chi connectivity index (χ0) is 23.5. The first-order valence-corrected chi connectivity index (χ1v) is 11.4. The van der Waals surface area contributed by atoms with Crippen LogP contribution in [0.3, 0.4) is 0 Å². The zero-order valence-corrected chi connectivity index (χ0v) is 19.6. The van der Waals surface area contributed by atoms with Crippen molar-refractivity contribution >= 4 is 23.1 Å². The Labute approximate surface area is 195 Å². The first kappa shape index (κ1) is 22.6. The van der Waals surface area contributed by atoms with Crippen LogP contribution >= 0.6 is 0 Å². The molecule has 0 bridgehead atoms. The standard InChI is InChI=1S/C27H31N3O3/c1-5-13-30-26(31)24(21-9-11-23(12-10-21)33-19(2)3)25(27(30)32)29-16-14-28(15-17-29)22-8-6-7-20(4)18-22/h5-12,18-19H,1,13-17H2,2-4H3. The Bertz CT molecular complexity index is 1080. The maximum Gasteiger partial charge on any atom is 0.278 e. The van der Waals surface area contributed by atoms with Gasteiger partial charge < -0.3 is 14.5 Å². The summed E-state index contributed by atoms with van der Waals surface area (Å²) < 4.78 is 5.74. The highest BCUT2D eigenvalue weighted by Gasteiger charge is 2.41. The molecule has 6 nitrogen and oxygen atoms in total. The maximum atomic E-state index is 13.3. The molecule has 0 aliphatic carbocycles. The number of anilines is 1. The summed E-state index contributed by atoms with van der Waals surface area (Å²) in [5.74, 6) is 0.220. The Morgan fingerprint density at radius 2 is 1.64 bits per heavy atom. The molecule has 33 heavy (non-hydrogen) atoms. The number of carbonyl (C=O) groups is 2. The molecule has 0 aromatic heterocycles. The molecule has 0 spiro atoms. The number of hydrogen-bond acceptors (Lipinski definition) is 5. The van der Waals surface area contributed by atoms with Crippen molar-refractivity contribution < 1.29 is 14.3 Å². The Morgan fingerprint density at radius 3 is 2.24 bits per heavy atom. The second-order valence-electron chi connectivity index (χ2n) is 8.74. The van der Waals surface area contributed by atoms with Crippen LogP contribution in [0.2, 0.25) is 0 Å². The average Bonchev–Trinajstić information content (AvgIpc) is 3.04. The van der Waals surface area contributed by atoms with Crippen molar-refractivity contribution in [2.75, 3.05) is 37.6 Å². The van der Waals surface area contributed by atoms with Gasteiger partial charge >= 0.3 is 0 Å². The fourth-order valence-electron chi connectivity index (χ4n) is 4.40. The SMILES string of the molecule is C=CCN1C(=O)C(c2ccc(OC(C)C)cc2)=C(N2CCN(c3cccc(C)c3)CC2)C1=O. The molecule has 1 saturated heterocycles. The maximum absolute atomic E-state index is 13.3. The number of amides is 2. The summed E-state index contributed by atoms with van der Waals surface area (Å²) in [4.78, 5) is 32.3. The third-order valence-electron chi connectivity index (χ3n) is 5.93. The summed E-state index contributed by atoms with van der Waals surface area (Å²) in [5.41, 5.74) is 4.09. The Hall–Kier alpha value is -3.54. The van der Waals surface area contributed by atoms with Crippen molar-refractivity contribution in [1.82, 2.24) is 9.80 Å². The Balaban J connectivity index is 1.62. The van der Waals surface area contributed by atoms with Gasteiger partial charge in [-0.15, -0.1) is 6.58 Å². The van der Waals surface area contributed by atoms with E-state index >= 15 is 0 Å². The fourth-order valence-corrected chi connectivity index (χ4v) is 4.40. The Kier molecular flexibility index (Phi) is 6.54. The first-order valence-electron chi connectivity index (χ1n) is 11.4. The van der Waals surface area contributed by atoms with Gasteiger partial charge in [0.25, 0.3) is 11.8 Å². The van der Waals surface area contributed by atoms with Gasteiger partial charge in [0.1, 0.15) is 11.4 Å². The second-order valence-corrected chi connectivity index (χ2v) is 8.74. The van der Waals surface area contributed by atoms with Crippen LogP contribution in [0.1, 0.15) is 25.0 Å². The summed E-state index contributed by atoms with van der Waals surface area (Å²) in [6.45, 7) is 12.8. The van der Waals surface area contributed by atoms with Crippen LogP contribution in [0.25, 0.3) is 5.57 Å². The Morgan fingerprint density at radius 1 is 0.970 bits per heavy atom. The van der Waals surface area contributed by atoms with E-state index in [9.17, 15) is 9.59 Å². The number of nitrogens with zero attached hydrogens (tertiary/aromatic N) is 3. The van der Waals surface area contributed by atoms with Crippen molar-refractivity contribution in [2.45, 2.75) is 26.9 Å². The predicted molar refractivity (Wildman–Crippen MR) is 131 cm³/mol. The molecule has 4 rings (SSSR count). The minimum absolute atomic E-state index is 0.0631. The summed E-state index contributed by atoms with van der Waals surface area (Å²) in [6, 6.07) is 15.9. The molecule has 0 unspecified atom stereocenters. The molecule has 6 heteroatoms. The molecule has 2 aliphatic heterocycles. The van der Waals surface area contributed by atoms with E-state index in [-0.39, 0.29) is 24.5 Å². The smallest absolute Gasteiger partial charge is 0.278 e. The predicted octanol–water partition coefficient (Wildman–Crippen LogP) is 3.87. The number of piperazine rings is 1. The van der Waals surface area contributed by atoms with Gasteiger partial charge in [-0.1, -0.05) is 30.3 Å². The van der Waals surface area contributed by atoms with Crippen molar-refractivity contribution in [3.8, 4) is 5.75 Å². The molecule has 2 amide bonds. The van der Waals surface area contributed by atoms with Crippen LogP contribution in [0.4, 0.5) is 5.69 Å². The van der Waals surface area contributed by atoms with Gasteiger partial charge in [-0.3, -0.25) is 14.5 Å². The molecule has 0 N–H and O–H groups in total. The van der Waals surface area contributed by atoms with Gasteiger partial charge in [-0.2, -0.15) is 0 Å². The summed E-state index contributed by atoms with van der Waals surface area (Å²) in [5, 5.41) is 0. The highest BCUT2D eigenvalue weighted by Crippen LogP contribution is 2.33. The molecule has 172 valence electrons. The van der Waals surface area contributed by atoms with Crippen molar-refractivity contribution in [3.63, 3.8) is 0 Å². The van der Waals surface area contributed by atoms with Crippen LogP contribution in [-0.4, -0.2) is 60.4 Å². The normalized spacial score (nSPS) is 16.8. The molecule has 0 atom stereocenters. The van der Waals surface area contributed by atoms with E-state index in [1.54, 1.807) is 6.08 Å². The van der Waals surface area contributed by atoms with Crippen LogP contribution in [0, 0.1) is 6.92 Å². The van der Waals surface area contributed by atoms with E-state index < -0.39 is 0 Å². The molecule has 2 aromatic carbocycles. The fraction of sp³-hybridized carbons (Fsp3) is 0.333. The highest BCUT2D eigenvalue weighted by molar-refractivity contribution is 6.35. The molecular formula is C27H31N3O3. The lowest BCUT2D eigenvalue weighted by Crippen LogP contribution is -2.47. The number of hydrogen-bond donors (Lipinski definition) is 0. The number of benzene rings is 2. The third kappa shape index (κ3) is 4.65. The minimum atomic E-state index is -0.270. The van der Waals surface area contributed by atoms with E-state index in [2.05, 4.69) is 47.6 Å². The van der Waals surface area contributed by atoms with Crippen LogP contribution in [0.15, 0.2) is 66.9 Å². The van der Waals surface area contributed by atoms with E-state index in [1.165, 1.54) is 16.2 Å². The van der Waals surface area contributed by atoms with E-state index in [1.807, 2.05) is 38.1 Å². The number of ether oxygens (including phenoxy) is 1. The van der Waals surface area contributed by atoms with Crippen molar-refractivity contribution in [1.29, 1.82) is 0 Å². The molecule has 2 aromatic rings. The van der Waals surface area contributed by atoms with Gasteiger partial charge in [-0.25, -0.2) is 0 Å². The largest absolute Gasteiger partial charge is 0.491 e. The van der Waals surface area contributed by atoms with E-state index in [4.69, 9.17) is 4.74 Å². The van der Waals surface area contributed by atoms with E-state index in [0.29, 0.717) is 24.4 Å². The van der Waals surface area contributed by atoms with Crippen LogP contribution in [0.5, 0.6) is 5.75 Å². The summed E-state index contributed by atoms with van der Waals surface area (Å²) in [7, 11) is 0. The van der Waals surface area contributed by atoms with Gasteiger partial charge in [0.15, 0.2) is 0 Å². The van der Waals surface area contributed by atoms with Gasteiger partial charge in [0.2, 0.25) is 0 Å². The quantitative estimate of drug-likeness (QED) is 0.478.